The molecule has 2 rings (SSSR count). The first-order valence-corrected chi connectivity index (χ1v) is 8.06. The summed E-state index contributed by atoms with van der Waals surface area (Å²) in [5.41, 5.74) is 2.16. The Morgan fingerprint density at radius 1 is 1.39 bits per heavy atom. The molecule has 0 bridgehead atoms. The van der Waals surface area contributed by atoms with E-state index >= 15 is 0 Å². The third-order valence-electron chi connectivity index (χ3n) is 3.31. The monoisotopic (exact) mass is 268 g/mol. The normalized spacial score (nSPS) is 21.1. The lowest BCUT2D eigenvalue weighted by Crippen LogP contribution is -2.49. The van der Waals surface area contributed by atoms with E-state index < -0.39 is 9.84 Å². The molecule has 1 saturated heterocycles. The van der Waals surface area contributed by atoms with Gasteiger partial charge in [0, 0.05) is 37.6 Å². The van der Waals surface area contributed by atoms with E-state index in [0.717, 1.165) is 30.9 Å². The van der Waals surface area contributed by atoms with Gasteiger partial charge >= 0.3 is 0 Å². The minimum absolute atomic E-state index is 0.395. The van der Waals surface area contributed by atoms with E-state index in [1.165, 1.54) is 6.26 Å². The van der Waals surface area contributed by atoms with Crippen molar-refractivity contribution < 1.29 is 8.42 Å². The highest BCUT2D eigenvalue weighted by Crippen LogP contribution is 2.24. The van der Waals surface area contributed by atoms with E-state index in [4.69, 9.17) is 0 Å². The zero-order valence-corrected chi connectivity index (χ0v) is 11.9. The van der Waals surface area contributed by atoms with Gasteiger partial charge in [0.2, 0.25) is 0 Å². The fourth-order valence-electron chi connectivity index (χ4n) is 2.36. The van der Waals surface area contributed by atoms with Gasteiger partial charge in [0.05, 0.1) is 4.90 Å². The molecule has 1 aromatic carbocycles. The molecule has 0 aromatic heterocycles. The van der Waals surface area contributed by atoms with E-state index in [1.807, 2.05) is 13.0 Å². The summed E-state index contributed by atoms with van der Waals surface area (Å²) < 4.78 is 23.0. The van der Waals surface area contributed by atoms with Gasteiger partial charge < -0.3 is 10.2 Å². The fourth-order valence-corrected chi connectivity index (χ4v) is 3.07. The quantitative estimate of drug-likeness (QED) is 0.875. The molecule has 0 aliphatic carbocycles. The van der Waals surface area contributed by atoms with Crippen LogP contribution in [0.1, 0.15) is 12.5 Å². The number of nitrogens with one attached hydrogen (secondary N) is 1. The SMILES string of the molecule is Cc1cc(S(C)(=O)=O)ccc1N1CCN[C@H](C)C1. The van der Waals surface area contributed by atoms with E-state index in [0.29, 0.717) is 10.9 Å². The zero-order valence-electron chi connectivity index (χ0n) is 11.1. The van der Waals surface area contributed by atoms with Crippen molar-refractivity contribution in [1.29, 1.82) is 0 Å². The van der Waals surface area contributed by atoms with Gasteiger partial charge in [0.25, 0.3) is 0 Å². The molecule has 1 heterocycles. The molecule has 5 heteroatoms. The van der Waals surface area contributed by atoms with Crippen molar-refractivity contribution in [3.63, 3.8) is 0 Å². The fraction of sp³-hybridized carbons (Fsp3) is 0.538. The molecule has 18 heavy (non-hydrogen) atoms. The Labute approximate surface area is 109 Å². The van der Waals surface area contributed by atoms with Gasteiger partial charge in [-0.25, -0.2) is 8.42 Å². The predicted molar refractivity (Wildman–Crippen MR) is 74.0 cm³/mol. The molecule has 1 aromatic rings. The molecule has 0 spiro atoms. The zero-order chi connectivity index (χ0) is 13.3. The van der Waals surface area contributed by atoms with Gasteiger partial charge in [-0.1, -0.05) is 0 Å². The Bertz CT molecular complexity index is 540. The summed E-state index contributed by atoms with van der Waals surface area (Å²) >= 11 is 0. The van der Waals surface area contributed by atoms with E-state index in [2.05, 4.69) is 17.1 Å². The largest absolute Gasteiger partial charge is 0.368 e. The van der Waals surface area contributed by atoms with Gasteiger partial charge in [0.1, 0.15) is 0 Å². The van der Waals surface area contributed by atoms with Crippen LogP contribution in [-0.4, -0.2) is 40.3 Å². The standard InChI is InChI=1S/C13H20N2O2S/c1-10-8-12(18(3,16)17)4-5-13(10)15-7-6-14-11(2)9-15/h4-5,8,11,14H,6-7,9H2,1-3H3/t11-/m1/s1. The predicted octanol–water partition coefficient (Wildman–Crippen LogP) is 1.20. The number of sulfone groups is 1. The first-order valence-electron chi connectivity index (χ1n) is 6.17. The van der Waals surface area contributed by atoms with Crippen LogP contribution in [0, 0.1) is 6.92 Å². The number of piperazine rings is 1. The van der Waals surface area contributed by atoms with Gasteiger partial charge in [-0.2, -0.15) is 0 Å². The maximum absolute atomic E-state index is 11.5. The molecule has 1 atom stereocenters. The van der Waals surface area contributed by atoms with E-state index in [-0.39, 0.29) is 0 Å². The lowest BCUT2D eigenvalue weighted by atomic mass is 10.1. The van der Waals surface area contributed by atoms with Crippen molar-refractivity contribution in [2.24, 2.45) is 0 Å². The van der Waals surface area contributed by atoms with Crippen LogP contribution in [-0.2, 0) is 9.84 Å². The number of rotatable bonds is 2. The van der Waals surface area contributed by atoms with Crippen LogP contribution in [0.25, 0.3) is 0 Å². The molecule has 100 valence electrons. The summed E-state index contributed by atoms with van der Waals surface area (Å²) in [6, 6.07) is 5.85. The molecule has 1 aliphatic rings. The number of nitrogens with zero attached hydrogens (tertiary/aromatic N) is 1. The van der Waals surface area contributed by atoms with Crippen LogP contribution >= 0.6 is 0 Å². The molecular formula is C13H20N2O2S. The minimum Gasteiger partial charge on any atom is -0.368 e. The Morgan fingerprint density at radius 3 is 2.67 bits per heavy atom. The topological polar surface area (TPSA) is 49.4 Å². The molecule has 4 nitrogen and oxygen atoms in total. The highest BCUT2D eigenvalue weighted by atomic mass is 32.2. The third-order valence-corrected chi connectivity index (χ3v) is 4.42. The number of hydrogen-bond donors (Lipinski definition) is 1. The summed E-state index contributed by atoms with van der Waals surface area (Å²) in [4.78, 5) is 2.70. The van der Waals surface area contributed by atoms with Gasteiger partial charge in [-0.05, 0) is 37.6 Å². The Morgan fingerprint density at radius 2 is 2.11 bits per heavy atom. The van der Waals surface area contributed by atoms with Crippen LogP contribution in [0.3, 0.4) is 0 Å². The van der Waals surface area contributed by atoms with Crippen molar-refractivity contribution in [3.8, 4) is 0 Å². The van der Waals surface area contributed by atoms with Gasteiger partial charge in [-0.15, -0.1) is 0 Å². The van der Waals surface area contributed by atoms with Crippen LogP contribution < -0.4 is 10.2 Å². The summed E-state index contributed by atoms with van der Waals surface area (Å²) in [5.74, 6) is 0. The second-order valence-corrected chi connectivity index (χ2v) is 7.04. The molecule has 1 N–H and O–H groups in total. The molecule has 1 fully saturated rings. The molecular weight excluding hydrogens is 248 g/mol. The second-order valence-electron chi connectivity index (χ2n) is 5.02. The molecule has 1 aliphatic heterocycles. The maximum Gasteiger partial charge on any atom is 0.175 e. The van der Waals surface area contributed by atoms with E-state index in [1.54, 1.807) is 12.1 Å². The van der Waals surface area contributed by atoms with E-state index in [9.17, 15) is 8.42 Å². The molecule has 0 radical (unpaired) electrons. The molecule has 0 saturated carbocycles. The van der Waals surface area contributed by atoms with Crippen LogP contribution in [0.4, 0.5) is 5.69 Å². The number of hydrogen-bond acceptors (Lipinski definition) is 4. The third kappa shape index (κ3) is 2.84. The highest BCUT2D eigenvalue weighted by molar-refractivity contribution is 7.90. The van der Waals surface area contributed by atoms with Crippen LogP contribution in [0.15, 0.2) is 23.1 Å². The Balaban J connectivity index is 2.30. The summed E-state index contributed by atoms with van der Waals surface area (Å²) in [6.07, 6.45) is 1.24. The lowest BCUT2D eigenvalue weighted by molar-refractivity contribution is 0.484. The average Bonchev–Trinajstić information content (AvgIpc) is 2.27. The smallest absolute Gasteiger partial charge is 0.175 e. The van der Waals surface area contributed by atoms with Crippen molar-refractivity contribution >= 4 is 15.5 Å². The summed E-state index contributed by atoms with van der Waals surface area (Å²) in [7, 11) is -3.11. The van der Waals surface area contributed by atoms with Crippen LogP contribution in [0.2, 0.25) is 0 Å². The van der Waals surface area contributed by atoms with Crippen molar-refractivity contribution in [2.75, 3.05) is 30.8 Å². The minimum atomic E-state index is -3.11. The number of anilines is 1. The summed E-state index contributed by atoms with van der Waals surface area (Å²) in [5, 5.41) is 3.40. The average molecular weight is 268 g/mol. The first-order chi connectivity index (χ1) is 8.38. The van der Waals surface area contributed by atoms with Gasteiger partial charge in [0.15, 0.2) is 9.84 Å². The molecule has 0 amide bonds. The maximum atomic E-state index is 11.5. The summed E-state index contributed by atoms with van der Waals surface area (Å²) in [6.45, 7) is 7.01. The van der Waals surface area contributed by atoms with Crippen molar-refractivity contribution in [1.82, 2.24) is 5.32 Å². The van der Waals surface area contributed by atoms with Crippen molar-refractivity contribution in [2.45, 2.75) is 24.8 Å². The Hall–Kier alpha value is -1.07. The second kappa shape index (κ2) is 4.90. The Kier molecular flexibility index (Phi) is 3.64. The van der Waals surface area contributed by atoms with Crippen molar-refractivity contribution in [3.05, 3.63) is 23.8 Å². The number of aryl methyl sites for hydroxylation is 1. The van der Waals surface area contributed by atoms with Crippen LogP contribution in [0.5, 0.6) is 0 Å². The number of benzene rings is 1. The lowest BCUT2D eigenvalue weighted by Gasteiger charge is -2.34. The van der Waals surface area contributed by atoms with Gasteiger partial charge in [-0.3, -0.25) is 0 Å². The molecule has 0 unspecified atom stereocenters. The highest BCUT2D eigenvalue weighted by Gasteiger charge is 2.18. The first kappa shape index (κ1) is 13.4.